The summed E-state index contributed by atoms with van der Waals surface area (Å²) in [6, 6.07) is 4.40. The van der Waals surface area contributed by atoms with Crippen molar-refractivity contribution in [2.24, 2.45) is 11.8 Å². The summed E-state index contributed by atoms with van der Waals surface area (Å²) in [7, 11) is 0. The van der Waals surface area contributed by atoms with E-state index in [1.165, 1.54) is 22.9 Å². The highest BCUT2D eigenvalue weighted by Crippen LogP contribution is 2.36. The fourth-order valence-corrected chi connectivity index (χ4v) is 3.75. The number of hydrogen-bond acceptors (Lipinski definition) is 6. The molecule has 0 saturated carbocycles. The Hall–Kier alpha value is -2.34. The minimum Gasteiger partial charge on any atom is -0.292 e. The predicted molar refractivity (Wildman–Crippen MR) is 86.4 cm³/mol. The van der Waals surface area contributed by atoms with Gasteiger partial charge in [0.05, 0.1) is 9.75 Å². The van der Waals surface area contributed by atoms with Gasteiger partial charge >= 0.3 is 12.4 Å². The molecule has 28 heavy (non-hydrogen) atoms. The van der Waals surface area contributed by atoms with Crippen molar-refractivity contribution in [1.82, 2.24) is 0 Å². The van der Waals surface area contributed by atoms with Gasteiger partial charge in [0.1, 0.15) is 11.8 Å². The number of Topliss-reactive ketones (excluding diaryl/α,β-unsaturated/α-hetero) is 4. The molecule has 0 N–H and O–H groups in total. The molecular weight excluding hydrogens is 434 g/mol. The third kappa shape index (κ3) is 4.55. The van der Waals surface area contributed by atoms with Crippen LogP contribution in [-0.2, 0) is 9.59 Å². The van der Waals surface area contributed by atoms with Crippen LogP contribution in [0.2, 0.25) is 0 Å². The van der Waals surface area contributed by atoms with Crippen molar-refractivity contribution in [3.8, 4) is 0 Å². The molecule has 2 unspecified atom stereocenters. The molecule has 0 saturated heterocycles. The number of hydrogen-bond donors (Lipinski definition) is 0. The lowest BCUT2D eigenvalue weighted by molar-refractivity contribution is -0.182. The summed E-state index contributed by atoms with van der Waals surface area (Å²) in [6.07, 6.45) is -11.5. The van der Waals surface area contributed by atoms with Crippen molar-refractivity contribution in [3.05, 3.63) is 44.8 Å². The van der Waals surface area contributed by atoms with Crippen molar-refractivity contribution in [2.45, 2.75) is 12.4 Å². The van der Waals surface area contributed by atoms with Gasteiger partial charge in [0.2, 0.25) is 11.6 Å². The Balaban J connectivity index is 2.66. The zero-order chi connectivity index (χ0) is 21.3. The van der Waals surface area contributed by atoms with Crippen LogP contribution in [0.4, 0.5) is 26.3 Å². The molecule has 0 radical (unpaired) electrons. The van der Waals surface area contributed by atoms with Gasteiger partial charge in [-0.3, -0.25) is 19.2 Å². The maximum Gasteiger partial charge on any atom is 0.450 e. The molecule has 0 fully saturated rings. The van der Waals surface area contributed by atoms with Crippen LogP contribution in [0.15, 0.2) is 35.0 Å². The molecule has 0 aromatic carbocycles. The molecule has 0 aliphatic carbocycles. The van der Waals surface area contributed by atoms with Gasteiger partial charge in [-0.1, -0.05) is 12.1 Å². The molecule has 0 aliphatic rings. The zero-order valence-corrected chi connectivity index (χ0v) is 15.0. The summed E-state index contributed by atoms with van der Waals surface area (Å²) in [5.74, 6) is -15.5. The first-order chi connectivity index (χ1) is 12.9. The van der Waals surface area contributed by atoms with E-state index in [-0.39, 0.29) is 0 Å². The van der Waals surface area contributed by atoms with Crippen LogP contribution in [-0.4, -0.2) is 35.5 Å². The standard InChI is InChI=1S/C16H8F6O4S2/c17-15(18,19)13(25)9(11(23)7-3-1-5-27-7)10(14(26)16(20,21)22)12(24)8-4-2-6-28-8/h1-6,9-10H. The molecule has 2 heterocycles. The van der Waals surface area contributed by atoms with Crippen molar-refractivity contribution < 1.29 is 45.5 Å². The van der Waals surface area contributed by atoms with Crippen LogP contribution in [0, 0.1) is 11.8 Å². The average molecular weight is 442 g/mol. The Bertz CT molecular complexity index is 807. The van der Waals surface area contributed by atoms with Gasteiger partial charge in [-0.2, -0.15) is 26.3 Å². The smallest absolute Gasteiger partial charge is 0.292 e. The number of carbonyl (C=O) groups is 4. The van der Waals surface area contributed by atoms with Gasteiger partial charge in [0, 0.05) is 0 Å². The van der Waals surface area contributed by atoms with E-state index < -0.39 is 57.1 Å². The highest BCUT2D eigenvalue weighted by Gasteiger charge is 2.58. The number of halogens is 6. The fraction of sp³-hybridized carbons (Fsp3) is 0.250. The number of rotatable bonds is 7. The molecule has 0 spiro atoms. The molecule has 2 aromatic heterocycles. The van der Waals surface area contributed by atoms with Crippen LogP contribution in [0.25, 0.3) is 0 Å². The van der Waals surface area contributed by atoms with E-state index in [0.29, 0.717) is 22.7 Å². The number of carbonyl (C=O) groups excluding carboxylic acids is 4. The Morgan fingerprint density at radius 3 is 1.21 bits per heavy atom. The second-order valence-electron chi connectivity index (χ2n) is 5.36. The Morgan fingerprint density at radius 1 is 0.679 bits per heavy atom. The fourth-order valence-electron chi connectivity index (χ4n) is 2.34. The van der Waals surface area contributed by atoms with Crippen LogP contribution >= 0.6 is 22.7 Å². The summed E-state index contributed by atoms with van der Waals surface area (Å²) in [5, 5.41) is 2.48. The quantitative estimate of drug-likeness (QED) is 0.363. The Labute approximate surface area is 160 Å². The molecule has 0 amide bonds. The number of ketones is 4. The molecule has 2 atom stereocenters. The van der Waals surface area contributed by atoms with Crippen molar-refractivity contribution in [1.29, 1.82) is 0 Å². The summed E-state index contributed by atoms with van der Waals surface area (Å²) >= 11 is 1.13. The maximum absolute atomic E-state index is 13.0. The van der Waals surface area contributed by atoms with Crippen molar-refractivity contribution in [3.63, 3.8) is 0 Å². The first-order valence-corrected chi connectivity index (χ1v) is 8.99. The van der Waals surface area contributed by atoms with Gasteiger partial charge in [0.15, 0.2) is 11.6 Å². The largest absolute Gasteiger partial charge is 0.450 e. The van der Waals surface area contributed by atoms with Crippen molar-refractivity contribution in [2.75, 3.05) is 0 Å². The minimum atomic E-state index is -5.74. The normalized spacial score (nSPS) is 14.4. The Morgan fingerprint density at radius 2 is 1.00 bits per heavy atom. The van der Waals surface area contributed by atoms with E-state index in [4.69, 9.17) is 0 Å². The second kappa shape index (κ2) is 7.95. The number of alkyl halides is 6. The van der Waals surface area contributed by atoms with Crippen LogP contribution in [0.1, 0.15) is 19.3 Å². The lowest BCUT2D eigenvalue weighted by Crippen LogP contribution is -2.48. The second-order valence-corrected chi connectivity index (χ2v) is 7.26. The number of thiophene rings is 2. The minimum absolute atomic E-state index is 0.485. The molecule has 12 heteroatoms. The first kappa shape index (κ1) is 22.0. The lowest BCUT2D eigenvalue weighted by Gasteiger charge is -2.24. The third-order valence-electron chi connectivity index (χ3n) is 3.55. The van der Waals surface area contributed by atoms with Crippen LogP contribution in [0.5, 0.6) is 0 Å². The molecule has 4 nitrogen and oxygen atoms in total. The molecule has 150 valence electrons. The van der Waals surface area contributed by atoms with Crippen LogP contribution in [0.3, 0.4) is 0 Å². The lowest BCUT2D eigenvalue weighted by atomic mass is 9.78. The molecular formula is C16H8F6O4S2. The summed E-state index contributed by atoms with van der Waals surface area (Å²) in [4.78, 5) is 47.6. The van der Waals surface area contributed by atoms with Gasteiger partial charge in [-0.25, -0.2) is 0 Å². The van der Waals surface area contributed by atoms with Crippen molar-refractivity contribution >= 4 is 45.8 Å². The SMILES string of the molecule is O=C(c1cccs1)C(C(=O)C(F)(F)F)C(C(=O)c1cccs1)C(=O)C(F)(F)F. The van der Waals surface area contributed by atoms with Gasteiger partial charge in [-0.05, 0) is 22.9 Å². The van der Waals surface area contributed by atoms with E-state index in [2.05, 4.69) is 0 Å². The van der Waals surface area contributed by atoms with Gasteiger partial charge in [-0.15, -0.1) is 22.7 Å². The molecule has 2 aromatic rings. The Kier molecular flexibility index (Phi) is 6.24. The highest BCUT2D eigenvalue weighted by molar-refractivity contribution is 7.12. The first-order valence-electron chi connectivity index (χ1n) is 7.23. The topological polar surface area (TPSA) is 68.3 Å². The monoisotopic (exact) mass is 442 g/mol. The highest BCUT2D eigenvalue weighted by atomic mass is 32.1. The van der Waals surface area contributed by atoms with Crippen LogP contribution < -0.4 is 0 Å². The van der Waals surface area contributed by atoms with E-state index >= 15 is 0 Å². The predicted octanol–water partition coefficient (Wildman–Crippen LogP) is 4.37. The molecule has 0 aliphatic heterocycles. The van der Waals surface area contributed by atoms with Gasteiger partial charge in [0.25, 0.3) is 0 Å². The summed E-state index contributed by atoms with van der Waals surface area (Å²) in [6.45, 7) is 0. The van der Waals surface area contributed by atoms with Gasteiger partial charge < -0.3 is 0 Å². The van der Waals surface area contributed by atoms with E-state index in [1.54, 1.807) is 0 Å². The molecule has 0 bridgehead atoms. The molecule has 2 rings (SSSR count). The average Bonchev–Trinajstić information content (AvgIpc) is 3.29. The van der Waals surface area contributed by atoms with E-state index in [1.807, 2.05) is 0 Å². The third-order valence-corrected chi connectivity index (χ3v) is 5.32. The maximum atomic E-state index is 13.0. The zero-order valence-electron chi connectivity index (χ0n) is 13.3. The van der Waals surface area contributed by atoms with E-state index in [0.717, 1.165) is 12.1 Å². The van der Waals surface area contributed by atoms with E-state index in [9.17, 15) is 45.5 Å². The summed E-state index contributed by atoms with van der Waals surface area (Å²) in [5.41, 5.74) is 0. The summed E-state index contributed by atoms with van der Waals surface area (Å²) < 4.78 is 78.2.